The predicted molar refractivity (Wildman–Crippen MR) is 59.5 cm³/mol. The lowest BCUT2D eigenvalue weighted by atomic mass is 10.5. The summed E-state index contributed by atoms with van der Waals surface area (Å²) in [6.07, 6.45) is 0. The summed E-state index contributed by atoms with van der Waals surface area (Å²) in [6.45, 7) is 4.04. The fourth-order valence-corrected chi connectivity index (χ4v) is 1.62. The molecule has 0 bridgehead atoms. The van der Waals surface area contributed by atoms with Gasteiger partial charge in [-0.2, -0.15) is 0 Å². The first-order valence-corrected chi connectivity index (χ1v) is 5.62. The molecular formula is C6H16Cl2N2O3S. The summed E-state index contributed by atoms with van der Waals surface area (Å²) in [5.74, 6) is 0.115. The van der Waals surface area contributed by atoms with Crippen LogP contribution in [0.1, 0.15) is 6.92 Å². The number of nitrogens with zero attached hydrogens (tertiary/aromatic N) is 1. The number of hydrazine groups is 1. The quantitative estimate of drug-likeness (QED) is 0.783. The SMILES string of the molecule is CCS(=O)(=O)NN1CCOCC1.Cl.Cl. The normalized spacial score (nSPS) is 18.1. The minimum absolute atomic E-state index is 0. The molecule has 0 spiro atoms. The number of rotatable bonds is 3. The summed E-state index contributed by atoms with van der Waals surface area (Å²) < 4.78 is 27.2. The zero-order valence-electron chi connectivity index (χ0n) is 7.93. The average Bonchev–Trinajstić information content (AvgIpc) is 2.06. The van der Waals surface area contributed by atoms with Crippen LogP contribution in [0.4, 0.5) is 0 Å². The maximum absolute atomic E-state index is 11.1. The maximum Gasteiger partial charge on any atom is 0.224 e. The second kappa shape index (κ2) is 7.67. The van der Waals surface area contributed by atoms with E-state index in [1.54, 1.807) is 11.9 Å². The third kappa shape index (κ3) is 6.00. The lowest BCUT2D eigenvalue weighted by Crippen LogP contribution is -2.48. The Kier molecular flexibility index (Phi) is 9.22. The van der Waals surface area contributed by atoms with Crippen molar-refractivity contribution < 1.29 is 13.2 Å². The van der Waals surface area contributed by atoms with Crippen LogP contribution in [0.3, 0.4) is 0 Å². The zero-order chi connectivity index (χ0) is 9.03. The van der Waals surface area contributed by atoms with Crippen molar-refractivity contribution in [3.8, 4) is 0 Å². The first kappa shape index (κ1) is 16.8. The summed E-state index contributed by atoms with van der Waals surface area (Å²) in [4.78, 5) is 2.47. The number of ether oxygens (including phenoxy) is 1. The van der Waals surface area contributed by atoms with Crippen molar-refractivity contribution in [3.05, 3.63) is 0 Å². The highest BCUT2D eigenvalue weighted by atomic mass is 35.5. The fraction of sp³-hybridized carbons (Fsp3) is 1.00. The average molecular weight is 267 g/mol. The number of hydrogen-bond acceptors (Lipinski definition) is 4. The van der Waals surface area contributed by atoms with Crippen LogP contribution in [0.25, 0.3) is 0 Å². The molecule has 1 aliphatic heterocycles. The highest BCUT2D eigenvalue weighted by Gasteiger charge is 2.15. The van der Waals surface area contributed by atoms with Crippen LogP contribution in [0.15, 0.2) is 0 Å². The van der Waals surface area contributed by atoms with Crippen LogP contribution >= 0.6 is 24.8 Å². The first-order valence-electron chi connectivity index (χ1n) is 3.97. The van der Waals surface area contributed by atoms with Crippen molar-refractivity contribution in [3.63, 3.8) is 0 Å². The molecular weight excluding hydrogens is 251 g/mol. The third-order valence-corrected chi connectivity index (χ3v) is 2.96. The molecule has 0 radical (unpaired) electrons. The van der Waals surface area contributed by atoms with Crippen LogP contribution in [-0.4, -0.2) is 45.5 Å². The highest BCUT2D eigenvalue weighted by Crippen LogP contribution is 1.94. The smallest absolute Gasteiger partial charge is 0.224 e. The Morgan fingerprint density at radius 1 is 1.29 bits per heavy atom. The van der Waals surface area contributed by atoms with Gasteiger partial charge in [0.05, 0.1) is 19.0 Å². The Labute approximate surface area is 97.0 Å². The van der Waals surface area contributed by atoms with E-state index in [0.717, 1.165) is 0 Å². The Morgan fingerprint density at radius 2 is 1.79 bits per heavy atom. The van der Waals surface area contributed by atoms with Crippen molar-refractivity contribution in [2.24, 2.45) is 0 Å². The standard InChI is InChI=1S/C6H14N2O3S.2ClH/c1-2-12(9,10)7-8-3-5-11-6-4-8;;/h7H,2-6H2,1H3;2*1H. The topological polar surface area (TPSA) is 58.6 Å². The van der Waals surface area contributed by atoms with E-state index < -0.39 is 10.0 Å². The lowest BCUT2D eigenvalue weighted by Gasteiger charge is -2.26. The Balaban J connectivity index is 0. The van der Waals surface area contributed by atoms with Crippen LogP contribution in [-0.2, 0) is 14.8 Å². The zero-order valence-corrected chi connectivity index (χ0v) is 10.4. The molecule has 0 aromatic rings. The van der Waals surface area contributed by atoms with Crippen LogP contribution in [0.2, 0.25) is 0 Å². The third-order valence-electron chi connectivity index (χ3n) is 1.66. The van der Waals surface area contributed by atoms with Gasteiger partial charge >= 0.3 is 0 Å². The molecule has 1 rings (SSSR count). The molecule has 0 unspecified atom stereocenters. The number of halogens is 2. The Hall–Kier alpha value is 0.410. The van der Waals surface area contributed by atoms with Crippen molar-refractivity contribution >= 4 is 34.8 Å². The number of sulfonamides is 1. The maximum atomic E-state index is 11.1. The highest BCUT2D eigenvalue weighted by molar-refractivity contribution is 7.89. The van der Waals surface area contributed by atoms with Gasteiger partial charge in [0.1, 0.15) is 0 Å². The van der Waals surface area contributed by atoms with Gasteiger partial charge in [-0.15, -0.1) is 29.6 Å². The molecule has 0 aromatic carbocycles. The van der Waals surface area contributed by atoms with Crippen molar-refractivity contribution in [2.45, 2.75) is 6.92 Å². The molecule has 0 atom stereocenters. The molecule has 0 saturated carbocycles. The van der Waals surface area contributed by atoms with Gasteiger partial charge in [0.2, 0.25) is 10.0 Å². The van der Waals surface area contributed by atoms with E-state index in [4.69, 9.17) is 4.74 Å². The molecule has 14 heavy (non-hydrogen) atoms. The molecule has 1 N–H and O–H groups in total. The van der Waals surface area contributed by atoms with Gasteiger partial charge in [-0.25, -0.2) is 13.4 Å². The van der Waals surface area contributed by atoms with Gasteiger partial charge in [-0.1, -0.05) is 0 Å². The van der Waals surface area contributed by atoms with E-state index in [2.05, 4.69) is 4.83 Å². The van der Waals surface area contributed by atoms with Gasteiger partial charge < -0.3 is 4.74 Å². The van der Waals surface area contributed by atoms with E-state index in [0.29, 0.717) is 26.3 Å². The molecule has 1 saturated heterocycles. The van der Waals surface area contributed by atoms with E-state index in [1.807, 2.05) is 0 Å². The van der Waals surface area contributed by atoms with Crippen LogP contribution in [0, 0.1) is 0 Å². The molecule has 5 nitrogen and oxygen atoms in total. The van der Waals surface area contributed by atoms with E-state index in [1.165, 1.54) is 0 Å². The van der Waals surface area contributed by atoms with Crippen molar-refractivity contribution in [2.75, 3.05) is 32.1 Å². The number of morpholine rings is 1. The van der Waals surface area contributed by atoms with Gasteiger partial charge in [-0.3, -0.25) is 0 Å². The number of nitrogens with one attached hydrogen (secondary N) is 1. The molecule has 0 amide bonds. The fourth-order valence-electron chi connectivity index (χ4n) is 0.916. The van der Waals surface area contributed by atoms with Crippen molar-refractivity contribution in [1.29, 1.82) is 0 Å². The van der Waals surface area contributed by atoms with Gasteiger partial charge in [0.25, 0.3) is 0 Å². The van der Waals surface area contributed by atoms with Crippen LogP contribution in [0.5, 0.6) is 0 Å². The minimum Gasteiger partial charge on any atom is -0.379 e. The van der Waals surface area contributed by atoms with Crippen LogP contribution < -0.4 is 4.83 Å². The molecule has 1 heterocycles. The van der Waals surface area contributed by atoms with Gasteiger partial charge in [-0.05, 0) is 6.92 Å². The second-order valence-electron chi connectivity index (χ2n) is 2.59. The molecule has 0 aliphatic carbocycles. The molecule has 88 valence electrons. The second-order valence-corrected chi connectivity index (χ2v) is 4.58. The summed E-state index contributed by atoms with van der Waals surface area (Å²) in [6, 6.07) is 0. The summed E-state index contributed by atoms with van der Waals surface area (Å²) in [7, 11) is -3.10. The lowest BCUT2D eigenvalue weighted by molar-refractivity contribution is 0.0272. The molecule has 8 heteroatoms. The molecule has 1 fully saturated rings. The Morgan fingerprint density at radius 3 is 2.21 bits per heavy atom. The number of hydrogen-bond donors (Lipinski definition) is 1. The molecule has 0 aromatic heterocycles. The first-order chi connectivity index (χ1) is 5.64. The van der Waals surface area contributed by atoms with E-state index in [9.17, 15) is 8.42 Å². The minimum atomic E-state index is -3.10. The van der Waals surface area contributed by atoms with E-state index >= 15 is 0 Å². The summed E-state index contributed by atoms with van der Waals surface area (Å²) >= 11 is 0. The summed E-state index contributed by atoms with van der Waals surface area (Å²) in [5.41, 5.74) is 0. The van der Waals surface area contributed by atoms with Crippen molar-refractivity contribution in [1.82, 2.24) is 9.84 Å². The summed E-state index contributed by atoms with van der Waals surface area (Å²) in [5, 5.41) is 1.67. The predicted octanol–water partition coefficient (Wildman–Crippen LogP) is 0.0165. The van der Waals surface area contributed by atoms with E-state index in [-0.39, 0.29) is 30.6 Å². The van der Waals surface area contributed by atoms with Gasteiger partial charge in [0.15, 0.2) is 0 Å². The Bertz CT molecular complexity index is 229. The molecule has 1 aliphatic rings. The van der Waals surface area contributed by atoms with Gasteiger partial charge in [0, 0.05) is 13.1 Å². The monoisotopic (exact) mass is 266 g/mol. The largest absolute Gasteiger partial charge is 0.379 e.